The molecule has 0 amide bonds. The summed E-state index contributed by atoms with van der Waals surface area (Å²) in [6.45, 7) is 6.39. The first-order chi connectivity index (χ1) is 10.2. The van der Waals surface area contributed by atoms with Gasteiger partial charge in [0.15, 0.2) is 0 Å². The first-order valence-electron chi connectivity index (χ1n) is 7.70. The Morgan fingerprint density at radius 1 is 1.19 bits per heavy atom. The van der Waals surface area contributed by atoms with Crippen LogP contribution in [0.15, 0.2) is 41.1 Å². The summed E-state index contributed by atoms with van der Waals surface area (Å²) in [5, 5.41) is 3.59. The van der Waals surface area contributed by atoms with E-state index in [2.05, 4.69) is 75.1 Å². The Morgan fingerprint density at radius 2 is 1.95 bits per heavy atom. The zero-order valence-corrected chi connectivity index (χ0v) is 14.4. The number of aromatic nitrogens is 2. The van der Waals surface area contributed by atoms with Crippen molar-refractivity contribution in [2.75, 3.05) is 6.54 Å². The monoisotopic (exact) mass is 349 g/mol. The van der Waals surface area contributed by atoms with Crippen LogP contribution in [-0.4, -0.2) is 22.1 Å². The first kappa shape index (κ1) is 16.2. The van der Waals surface area contributed by atoms with Gasteiger partial charge in [-0.2, -0.15) is 0 Å². The van der Waals surface area contributed by atoms with Gasteiger partial charge in [-0.1, -0.05) is 41.9 Å². The second-order valence-electron chi connectivity index (χ2n) is 5.33. The number of rotatable bonds is 8. The van der Waals surface area contributed by atoms with Crippen LogP contribution in [0.1, 0.15) is 31.7 Å². The molecule has 0 saturated heterocycles. The van der Waals surface area contributed by atoms with E-state index in [9.17, 15) is 0 Å². The van der Waals surface area contributed by atoms with Crippen LogP contribution in [0.4, 0.5) is 0 Å². The standard InChI is InChI=1S/C17H24BrN3/c1-3-10-21-11-9-20-17(21)13-16(19-4-2)12-14-5-7-15(18)8-6-14/h5-9,11,16,19H,3-4,10,12-13H2,1-2H3. The summed E-state index contributed by atoms with van der Waals surface area (Å²) in [6, 6.07) is 9.02. The molecule has 2 rings (SSSR count). The van der Waals surface area contributed by atoms with Gasteiger partial charge in [-0.05, 0) is 37.1 Å². The molecule has 1 aromatic heterocycles. The van der Waals surface area contributed by atoms with Crippen LogP contribution in [0, 0.1) is 0 Å². The van der Waals surface area contributed by atoms with Crippen molar-refractivity contribution in [3.63, 3.8) is 0 Å². The van der Waals surface area contributed by atoms with E-state index in [1.807, 2.05) is 6.20 Å². The number of aryl methyl sites for hydroxylation is 1. The van der Waals surface area contributed by atoms with Crippen molar-refractivity contribution in [1.29, 1.82) is 0 Å². The van der Waals surface area contributed by atoms with Crippen LogP contribution in [-0.2, 0) is 19.4 Å². The van der Waals surface area contributed by atoms with Gasteiger partial charge in [0, 0.05) is 35.9 Å². The van der Waals surface area contributed by atoms with E-state index in [1.54, 1.807) is 0 Å². The van der Waals surface area contributed by atoms with Gasteiger partial charge in [0.05, 0.1) is 0 Å². The van der Waals surface area contributed by atoms with E-state index in [-0.39, 0.29) is 0 Å². The molecule has 21 heavy (non-hydrogen) atoms. The normalized spacial score (nSPS) is 12.5. The fourth-order valence-electron chi connectivity index (χ4n) is 2.61. The number of hydrogen-bond acceptors (Lipinski definition) is 2. The quantitative estimate of drug-likeness (QED) is 0.784. The van der Waals surface area contributed by atoms with Gasteiger partial charge < -0.3 is 9.88 Å². The van der Waals surface area contributed by atoms with E-state index in [0.717, 1.165) is 36.8 Å². The van der Waals surface area contributed by atoms with Gasteiger partial charge >= 0.3 is 0 Å². The fourth-order valence-corrected chi connectivity index (χ4v) is 2.87. The molecule has 2 aromatic rings. The summed E-state index contributed by atoms with van der Waals surface area (Å²) in [5.74, 6) is 1.18. The highest BCUT2D eigenvalue weighted by atomic mass is 79.9. The molecular formula is C17H24BrN3. The van der Waals surface area contributed by atoms with E-state index >= 15 is 0 Å². The molecule has 0 radical (unpaired) electrons. The smallest absolute Gasteiger partial charge is 0.110 e. The summed E-state index contributed by atoms with van der Waals surface area (Å²) in [5.41, 5.74) is 1.36. The predicted octanol–water partition coefficient (Wildman–Crippen LogP) is 3.82. The molecule has 0 aliphatic carbocycles. The summed E-state index contributed by atoms with van der Waals surface area (Å²) < 4.78 is 3.40. The maximum Gasteiger partial charge on any atom is 0.110 e. The van der Waals surface area contributed by atoms with Crippen molar-refractivity contribution in [3.8, 4) is 0 Å². The summed E-state index contributed by atoms with van der Waals surface area (Å²) in [6.07, 6.45) is 7.13. The molecule has 0 spiro atoms. The molecule has 4 heteroatoms. The second-order valence-corrected chi connectivity index (χ2v) is 6.24. The zero-order valence-electron chi connectivity index (χ0n) is 12.8. The minimum Gasteiger partial charge on any atom is -0.335 e. The minimum atomic E-state index is 0.425. The Morgan fingerprint density at radius 3 is 2.62 bits per heavy atom. The molecule has 114 valence electrons. The van der Waals surface area contributed by atoms with E-state index in [1.165, 1.54) is 11.4 Å². The maximum absolute atomic E-state index is 4.53. The third kappa shape index (κ3) is 4.97. The highest BCUT2D eigenvalue weighted by Crippen LogP contribution is 2.13. The lowest BCUT2D eigenvalue weighted by atomic mass is 10.0. The summed E-state index contributed by atoms with van der Waals surface area (Å²) in [7, 11) is 0. The average Bonchev–Trinajstić information content (AvgIpc) is 2.89. The molecule has 1 atom stereocenters. The molecule has 0 aliphatic rings. The van der Waals surface area contributed by atoms with Crippen molar-refractivity contribution in [3.05, 3.63) is 52.5 Å². The Labute approximate surface area is 135 Å². The van der Waals surface area contributed by atoms with Gasteiger partial charge in [0.1, 0.15) is 5.82 Å². The molecule has 0 saturated carbocycles. The molecule has 1 unspecified atom stereocenters. The third-order valence-electron chi connectivity index (χ3n) is 3.58. The maximum atomic E-state index is 4.53. The lowest BCUT2D eigenvalue weighted by Gasteiger charge is -2.18. The molecule has 1 heterocycles. The van der Waals surface area contributed by atoms with Crippen molar-refractivity contribution in [2.24, 2.45) is 0 Å². The summed E-state index contributed by atoms with van der Waals surface area (Å²) in [4.78, 5) is 4.53. The third-order valence-corrected chi connectivity index (χ3v) is 4.11. The van der Waals surface area contributed by atoms with Crippen LogP contribution in [0.5, 0.6) is 0 Å². The van der Waals surface area contributed by atoms with Gasteiger partial charge in [0.2, 0.25) is 0 Å². The number of imidazole rings is 1. The topological polar surface area (TPSA) is 29.9 Å². The predicted molar refractivity (Wildman–Crippen MR) is 91.5 cm³/mol. The van der Waals surface area contributed by atoms with E-state index < -0.39 is 0 Å². The van der Waals surface area contributed by atoms with E-state index in [4.69, 9.17) is 0 Å². The molecular weight excluding hydrogens is 326 g/mol. The molecule has 0 aliphatic heterocycles. The van der Waals surface area contributed by atoms with Crippen LogP contribution >= 0.6 is 15.9 Å². The lowest BCUT2D eigenvalue weighted by Crippen LogP contribution is -2.34. The van der Waals surface area contributed by atoms with Crippen molar-refractivity contribution < 1.29 is 0 Å². The number of nitrogens with zero attached hydrogens (tertiary/aromatic N) is 2. The van der Waals surface area contributed by atoms with Crippen LogP contribution in [0.25, 0.3) is 0 Å². The Kier molecular flexibility index (Phi) is 6.46. The van der Waals surface area contributed by atoms with Crippen molar-refractivity contribution in [2.45, 2.75) is 45.7 Å². The number of hydrogen-bond donors (Lipinski definition) is 1. The van der Waals surface area contributed by atoms with Gasteiger partial charge in [-0.3, -0.25) is 0 Å². The number of benzene rings is 1. The van der Waals surface area contributed by atoms with Crippen LogP contribution in [0.3, 0.4) is 0 Å². The highest BCUT2D eigenvalue weighted by molar-refractivity contribution is 9.10. The molecule has 0 fully saturated rings. The zero-order chi connectivity index (χ0) is 15.1. The van der Waals surface area contributed by atoms with Crippen molar-refractivity contribution in [1.82, 2.24) is 14.9 Å². The summed E-state index contributed by atoms with van der Waals surface area (Å²) >= 11 is 3.49. The SMILES string of the molecule is CCCn1ccnc1CC(Cc1ccc(Br)cc1)NCC. The Hall–Kier alpha value is -1.13. The average molecular weight is 350 g/mol. The number of likely N-dealkylation sites (N-methyl/N-ethyl adjacent to an activating group) is 1. The first-order valence-corrected chi connectivity index (χ1v) is 8.50. The fraction of sp³-hybridized carbons (Fsp3) is 0.471. The molecule has 0 bridgehead atoms. The van der Waals surface area contributed by atoms with Gasteiger partial charge in [-0.15, -0.1) is 0 Å². The van der Waals surface area contributed by atoms with Crippen LogP contribution in [0.2, 0.25) is 0 Å². The Bertz CT molecular complexity index is 533. The van der Waals surface area contributed by atoms with Crippen LogP contribution < -0.4 is 5.32 Å². The molecule has 1 N–H and O–H groups in total. The number of halogens is 1. The molecule has 3 nitrogen and oxygen atoms in total. The molecule has 1 aromatic carbocycles. The number of nitrogens with one attached hydrogen (secondary N) is 1. The second kappa shape index (κ2) is 8.35. The lowest BCUT2D eigenvalue weighted by molar-refractivity contribution is 0.495. The van der Waals surface area contributed by atoms with E-state index in [0.29, 0.717) is 6.04 Å². The largest absolute Gasteiger partial charge is 0.335 e. The van der Waals surface area contributed by atoms with Crippen molar-refractivity contribution >= 4 is 15.9 Å². The highest BCUT2D eigenvalue weighted by Gasteiger charge is 2.13. The Balaban J connectivity index is 2.04. The minimum absolute atomic E-state index is 0.425. The van der Waals surface area contributed by atoms with Gasteiger partial charge in [0.25, 0.3) is 0 Å². The van der Waals surface area contributed by atoms with Gasteiger partial charge in [-0.25, -0.2) is 4.98 Å².